The van der Waals surface area contributed by atoms with Gasteiger partial charge < -0.3 is 14.8 Å². The van der Waals surface area contributed by atoms with Gasteiger partial charge in [0.05, 0.1) is 18.5 Å². The van der Waals surface area contributed by atoms with Gasteiger partial charge in [-0.1, -0.05) is 40.0 Å². The summed E-state index contributed by atoms with van der Waals surface area (Å²) in [6.45, 7) is 11.3. The van der Waals surface area contributed by atoms with Crippen LogP contribution in [0.4, 0.5) is 5.69 Å². The Morgan fingerprint density at radius 3 is 2.48 bits per heavy atom. The summed E-state index contributed by atoms with van der Waals surface area (Å²) in [5, 5.41) is 2.96. The maximum absolute atomic E-state index is 12.8. The summed E-state index contributed by atoms with van der Waals surface area (Å²) >= 11 is 0. The zero-order chi connectivity index (χ0) is 18.7. The third kappa shape index (κ3) is 7.02. The molecule has 1 aromatic rings. The van der Waals surface area contributed by atoms with Gasteiger partial charge in [0.2, 0.25) is 5.88 Å². The van der Waals surface area contributed by atoms with E-state index in [4.69, 9.17) is 9.47 Å². The van der Waals surface area contributed by atoms with Crippen LogP contribution in [-0.4, -0.2) is 29.7 Å². The Labute approximate surface area is 152 Å². The molecule has 1 N–H and O–H groups in total. The lowest BCUT2D eigenvalue weighted by Gasteiger charge is -2.28. The highest BCUT2D eigenvalue weighted by molar-refractivity contribution is 5.97. The average molecular weight is 351 g/mol. The molecular weight excluding hydrogens is 316 g/mol. The second-order valence-electron chi connectivity index (χ2n) is 6.69. The van der Waals surface area contributed by atoms with Crippen LogP contribution >= 0.6 is 0 Å². The van der Waals surface area contributed by atoms with Gasteiger partial charge in [-0.3, -0.25) is 4.79 Å². The molecule has 0 radical (unpaired) electrons. The van der Waals surface area contributed by atoms with Crippen LogP contribution in [0.15, 0.2) is 12.3 Å². The lowest BCUT2D eigenvalue weighted by atomic mass is 9.96. The number of carbonyl (C=O) groups is 1. The van der Waals surface area contributed by atoms with Crippen molar-refractivity contribution < 1.29 is 14.3 Å². The molecule has 0 saturated carbocycles. The van der Waals surface area contributed by atoms with Crippen molar-refractivity contribution >= 4 is 11.6 Å². The number of pyridine rings is 1. The molecule has 0 saturated heterocycles. The van der Waals surface area contributed by atoms with Crippen molar-refractivity contribution in [2.45, 2.75) is 78.7 Å². The number of anilines is 1. The summed E-state index contributed by atoms with van der Waals surface area (Å²) in [5.74, 6) is 0.508. The standard InChI is InChI=1S/C20H34N2O3/c1-6-9-10-11-20(5,25-13-8-3)19(23)22-17-14-16(4)18(21-15-17)24-12-7-2/h14-15H,6-13H2,1-5H3,(H,22,23)/t20-/m1/s1. The summed E-state index contributed by atoms with van der Waals surface area (Å²) < 4.78 is 11.5. The Balaban J connectivity index is 2.79. The van der Waals surface area contributed by atoms with E-state index < -0.39 is 5.60 Å². The number of amides is 1. The first kappa shape index (κ1) is 21.4. The number of hydrogen-bond acceptors (Lipinski definition) is 4. The Bertz CT molecular complexity index is 534. The van der Waals surface area contributed by atoms with E-state index in [1.54, 1.807) is 6.20 Å². The largest absolute Gasteiger partial charge is 0.477 e. The van der Waals surface area contributed by atoms with Crippen molar-refractivity contribution in [2.75, 3.05) is 18.5 Å². The lowest BCUT2D eigenvalue weighted by molar-refractivity contribution is -0.140. The molecule has 1 aromatic heterocycles. The van der Waals surface area contributed by atoms with E-state index in [0.717, 1.165) is 44.1 Å². The first-order valence-corrected chi connectivity index (χ1v) is 9.51. The predicted octanol–water partition coefficient (Wildman–Crippen LogP) is 4.88. The number of rotatable bonds is 12. The van der Waals surface area contributed by atoms with Crippen LogP contribution in [0.5, 0.6) is 5.88 Å². The number of ether oxygens (including phenoxy) is 2. The molecule has 0 aromatic carbocycles. The van der Waals surface area contributed by atoms with Crippen LogP contribution in [-0.2, 0) is 9.53 Å². The first-order valence-electron chi connectivity index (χ1n) is 9.51. The number of nitrogens with zero attached hydrogens (tertiary/aromatic N) is 1. The van der Waals surface area contributed by atoms with Gasteiger partial charge in [0.15, 0.2) is 0 Å². The summed E-state index contributed by atoms with van der Waals surface area (Å²) in [4.78, 5) is 17.1. The SMILES string of the molecule is CCCCC[C@@](C)(OCCC)C(=O)Nc1cnc(OCCC)c(C)c1. The van der Waals surface area contributed by atoms with Gasteiger partial charge in [0.1, 0.15) is 5.60 Å². The Morgan fingerprint density at radius 2 is 1.88 bits per heavy atom. The molecule has 142 valence electrons. The Hall–Kier alpha value is -1.62. The number of unbranched alkanes of at least 4 members (excludes halogenated alkanes) is 2. The smallest absolute Gasteiger partial charge is 0.256 e. The third-order valence-electron chi connectivity index (χ3n) is 4.09. The minimum absolute atomic E-state index is 0.111. The van der Waals surface area contributed by atoms with E-state index in [0.29, 0.717) is 24.8 Å². The molecule has 5 nitrogen and oxygen atoms in total. The van der Waals surface area contributed by atoms with Crippen molar-refractivity contribution in [1.29, 1.82) is 0 Å². The van der Waals surface area contributed by atoms with Crippen molar-refractivity contribution in [3.05, 3.63) is 17.8 Å². The zero-order valence-electron chi connectivity index (χ0n) is 16.5. The molecule has 0 aliphatic rings. The second-order valence-corrected chi connectivity index (χ2v) is 6.69. The summed E-state index contributed by atoms with van der Waals surface area (Å²) in [6.07, 6.45) is 7.38. The molecule has 0 unspecified atom stereocenters. The molecular formula is C20H34N2O3. The quantitative estimate of drug-likeness (QED) is 0.546. The van der Waals surface area contributed by atoms with Gasteiger partial charge in [0, 0.05) is 12.2 Å². The van der Waals surface area contributed by atoms with Crippen LogP contribution in [0.3, 0.4) is 0 Å². The molecule has 25 heavy (non-hydrogen) atoms. The summed E-state index contributed by atoms with van der Waals surface area (Å²) in [5.41, 5.74) is 0.776. The normalized spacial score (nSPS) is 13.3. The number of nitrogens with one attached hydrogen (secondary N) is 1. The molecule has 0 fully saturated rings. The van der Waals surface area contributed by atoms with Gasteiger partial charge in [0.25, 0.3) is 5.91 Å². The summed E-state index contributed by atoms with van der Waals surface area (Å²) in [7, 11) is 0. The van der Waals surface area contributed by atoms with Crippen LogP contribution < -0.4 is 10.1 Å². The van der Waals surface area contributed by atoms with Crippen molar-refractivity contribution in [1.82, 2.24) is 4.98 Å². The Morgan fingerprint density at radius 1 is 1.16 bits per heavy atom. The highest BCUT2D eigenvalue weighted by atomic mass is 16.5. The van der Waals surface area contributed by atoms with Crippen LogP contribution in [0, 0.1) is 6.92 Å². The van der Waals surface area contributed by atoms with Gasteiger partial charge in [-0.05, 0) is 39.2 Å². The monoisotopic (exact) mass is 350 g/mol. The van der Waals surface area contributed by atoms with Crippen molar-refractivity contribution in [2.24, 2.45) is 0 Å². The topological polar surface area (TPSA) is 60.5 Å². The molecule has 0 aliphatic carbocycles. The van der Waals surface area contributed by atoms with Crippen LogP contribution in [0.2, 0.25) is 0 Å². The molecule has 1 rings (SSSR count). The average Bonchev–Trinajstić information content (AvgIpc) is 2.59. The minimum atomic E-state index is -0.809. The minimum Gasteiger partial charge on any atom is -0.477 e. The summed E-state index contributed by atoms with van der Waals surface area (Å²) in [6, 6.07) is 1.89. The lowest BCUT2D eigenvalue weighted by Crippen LogP contribution is -2.43. The van der Waals surface area contributed by atoms with Gasteiger partial charge in [-0.15, -0.1) is 0 Å². The first-order chi connectivity index (χ1) is 12.0. The maximum atomic E-state index is 12.8. The van der Waals surface area contributed by atoms with E-state index in [9.17, 15) is 4.79 Å². The number of hydrogen-bond donors (Lipinski definition) is 1. The Kier molecular flexibility index (Phi) is 9.50. The molecule has 0 bridgehead atoms. The molecule has 1 heterocycles. The number of carbonyl (C=O) groups excluding carboxylic acids is 1. The molecule has 1 atom stereocenters. The van der Waals surface area contributed by atoms with E-state index in [2.05, 4.69) is 24.1 Å². The fraction of sp³-hybridized carbons (Fsp3) is 0.700. The fourth-order valence-electron chi connectivity index (χ4n) is 2.53. The molecule has 0 aliphatic heterocycles. The van der Waals surface area contributed by atoms with E-state index in [1.165, 1.54) is 0 Å². The maximum Gasteiger partial charge on any atom is 0.256 e. The van der Waals surface area contributed by atoms with E-state index >= 15 is 0 Å². The van der Waals surface area contributed by atoms with Crippen LogP contribution in [0.1, 0.15) is 71.8 Å². The third-order valence-corrected chi connectivity index (χ3v) is 4.09. The van der Waals surface area contributed by atoms with Gasteiger partial charge in [-0.2, -0.15) is 0 Å². The highest BCUT2D eigenvalue weighted by Gasteiger charge is 2.33. The fourth-order valence-corrected chi connectivity index (χ4v) is 2.53. The van der Waals surface area contributed by atoms with Crippen molar-refractivity contribution in [3.8, 4) is 5.88 Å². The van der Waals surface area contributed by atoms with E-state index in [1.807, 2.05) is 26.8 Å². The molecule has 1 amide bonds. The molecule has 0 spiro atoms. The number of aromatic nitrogens is 1. The number of aryl methyl sites for hydroxylation is 1. The molecule has 5 heteroatoms. The highest BCUT2D eigenvalue weighted by Crippen LogP contribution is 2.24. The van der Waals surface area contributed by atoms with Gasteiger partial charge >= 0.3 is 0 Å². The van der Waals surface area contributed by atoms with Crippen molar-refractivity contribution in [3.63, 3.8) is 0 Å². The van der Waals surface area contributed by atoms with Gasteiger partial charge in [-0.25, -0.2) is 4.98 Å². The predicted molar refractivity (Wildman–Crippen MR) is 102 cm³/mol. The van der Waals surface area contributed by atoms with Crippen LogP contribution in [0.25, 0.3) is 0 Å². The zero-order valence-corrected chi connectivity index (χ0v) is 16.5. The van der Waals surface area contributed by atoms with E-state index in [-0.39, 0.29) is 5.91 Å². The second kappa shape index (κ2) is 11.1.